The molecule has 0 amide bonds. The monoisotopic (exact) mass is 417 g/mol. The van der Waals surface area contributed by atoms with E-state index >= 15 is 0 Å². The van der Waals surface area contributed by atoms with E-state index in [0.717, 1.165) is 16.9 Å². The maximum absolute atomic E-state index is 6.46. The van der Waals surface area contributed by atoms with Crippen molar-refractivity contribution in [3.05, 3.63) is 81.6 Å². The van der Waals surface area contributed by atoms with Crippen molar-refractivity contribution in [3.8, 4) is 5.69 Å². The van der Waals surface area contributed by atoms with Crippen molar-refractivity contribution < 1.29 is 0 Å². The normalized spacial score (nSPS) is 10.9. The van der Waals surface area contributed by atoms with Gasteiger partial charge in [-0.2, -0.15) is 10.2 Å². The number of hydrogen-bond acceptors (Lipinski definition) is 3. The molecular weight excluding hydrogens is 401 g/mol. The summed E-state index contributed by atoms with van der Waals surface area (Å²) in [6, 6.07) is 17.3. The Labute approximate surface area is 173 Å². The van der Waals surface area contributed by atoms with Crippen LogP contribution in [0.5, 0.6) is 0 Å². The number of nitrogens with zero attached hydrogens (tertiary/aromatic N) is 3. The largest absolute Gasteiger partial charge is 0.357 e. The number of benzene rings is 2. The van der Waals surface area contributed by atoms with Crippen LogP contribution in [0.2, 0.25) is 10.2 Å². The van der Waals surface area contributed by atoms with Crippen LogP contribution in [0, 0.1) is 6.92 Å². The van der Waals surface area contributed by atoms with E-state index in [1.54, 1.807) is 23.0 Å². The van der Waals surface area contributed by atoms with Crippen molar-refractivity contribution in [1.82, 2.24) is 20.5 Å². The van der Waals surface area contributed by atoms with Crippen molar-refractivity contribution in [2.45, 2.75) is 13.5 Å². The van der Waals surface area contributed by atoms with Crippen LogP contribution in [-0.2, 0) is 6.54 Å². The van der Waals surface area contributed by atoms with Crippen molar-refractivity contribution in [3.63, 3.8) is 0 Å². The smallest absolute Gasteiger partial charge is 0.187 e. The minimum absolute atomic E-state index is 0.422. The summed E-state index contributed by atoms with van der Waals surface area (Å²) in [6.45, 7) is 2.48. The van der Waals surface area contributed by atoms with Gasteiger partial charge in [0.2, 0.25) is 0 Å². The van der Waals surface area contributed by atoms with Gasteiger partial charge in [-0.3, -0.25) is 5.43 Å². The fourth-order valence-corrected chi connectivity index (χ4v) is 3.04. The third-order valence-electron chi connectivity index (χ3n) is 3.76. The van der Waals surface area contributed by atoms with E-state index in [-0.39, 0.29) is 0 Å². The molecule has 0 fully saturated rings. The molecule has 1 heterocycles. The molecular formula is C19H17Cl2N5S. The topological polar surface area (TPSA) is 54.2 Å². The number of hydrogen-bond donors (Lipinski definition) is 2. The summed E-state index contributed by atoms with van der Waals surface area (Å²) < 4.78 is 1.62. The Balaban J connectivity index is 1.64. The van der Waals surface area contributed by atoms with Crippen LogP contribution in [0.25, 0.3) is 5.69 Å². The van der Waals surface area contributed by atoms with Crippen LogP contribution in [0.15, 0.2) is 59.7 Å². The van der Waals surface area contributed by atoms with E-state index in [1.807, 2.05) is 49.4 Å². The average molecular weight is 418 g/mol. The molecule has 0 spiro atoms. The molecule has 2 N–H and O–H groups in total. The third kappa shape index (κ3) is 5.07. The molecule has 0 aliphatic carbocycles. The first-order valence-electron chi connectivity index (χ1n) is 8.16. The van der Waals surface area contributed by atoms with E-state index in [9.17, 15) is 0 Å². The van der Waals surface area contributed by atoms with Gasteiger partial charge in [0.25, 0.3) is 0 Å². The molecule has 138 valence electrons. The second-order valence-corrected chi connectivity index (χ2v) is 6.92. The summed E-state index contributed by atoms with van der Waals surface area (Å²) in [7, 11) is 0. The molecule has 5 nitrogen and oxygen atoms in total. The standard InChI is InChI=1S/C19H17Cl2N5S/c1-13-17(18(21)26(25-13)16-9-5-8-15(20)10-16)12-23-24-19(27)22-11-14-6-3-2-4-7-14/h2-10,12H,11H2,1H3,(H2,22,24,27). The lowest BCUT2D eigenvalue weighted by molar-refractivity contribution is 0.863. The average Bonchev–Trinajstić information content (AvgIpc) is 2.95. The molecule has 3 aromatic rings. The molecule has 0 bridgehead atoms. The van der Waals surface area contributed by atoms with Crippen molar-refractivity contribution in [2.75, 3.05) is 0 Å². The predicted molar refractivity (Wildman–Crippen MR) is 115 cm³/mol. The van der Waals surface area contributed by atoms with Crippen molar-refractivity contribution >= 4 is 46.7 Å². The Bertz CT molecular complexity index is 969. The number of aryl methyl sites for hydroxylation is 1. The maximum Gasteiger partial charge on any atom is 0.187 e. The summed E-state index contributed by atoms with van der Waals surface area (Å²) in [5.41, 5.74) is 6.15. The fourth-order valence-electron chi connectivity index (χ4n) is 2.41. The zero-order valence-electron chi connectivity index (χ0n) is 14.5. The number of rotatable bonds is 5. The number of halogens is 2. The second kappa shape index (κ2) is 8.99. The van der Waals surface area contributed by atoms with Gasteiger partial charge in [0.15, 0.2) is 5.11 Å². The SMILES string of the molecule is Cc1nn(-c2cccc(Cl)c2)c(Cl)c1C=NNC(=S)NCc1ccccc1. The van der Waals surface area contributed by atoms with Gasteiger partial charge in [0.1, 0.15) is 5.15 Å². The lowest BCUT2D eigenvalue weighted by atomic mass is 10.2. The Morgan fingerprint density at radius 1 is 1.19 bits per heavy atom. The minimum atomic E-state index is 0.422. The van der Waals surface area contributed by atoms with E-state index in [0.29, 0.717) is 27.4 Å². The fraction of sp³-hybridized carbons (Fsp3) is 0.105. The molecule has 0 aliphatic heterocycles. The minimum Gasteiger partial charge on any atom is -0.357 e. The van der Waals surface area contributed by atoms with Gasteiger partial charge in [-0.05, 0) is 42.9 Å². The van der Waals surface area contributed by atoms with Crippen LogP contribution in [-0.4, -0.2) is 21.1 Å². The Morgan fingerprint density at radius 2 is 1.96 bits per heavy atom. The van der Waals surface area contributed by atoms with Crippen molar-refractivity contribution in [1.29, 1.82) is 0 Å². The quantitative estimate of drug-likeness (QED) is 0.364. The lowest BCUT2D eigenvalue weighted by Crippen LogP contribution is -2.31. The highest BCUT2D eigenvalue weighted by Gasteiger charge is 2.13. The molecule has 0 aliphatic rings. The predicted octanol–water partition coefficient (Wildman–Crippen LogP) is 4.49. The van der Waals surface area contributed by atoms with Gasteiger partial charge in [-0.1, -0.05) is 59.6 Å². The van der Waals surface area contributed by atoms with Crippen LogP contribution in [0.4, 0.5) is 0 Å². The number of thiocarbonyl (C=S) groups is 1. The molecule has 0 atom stereocenters. The Hall–Kier alpha value is -2.41. The Kier molecular flexibility index (Phi) is 6.45. The molecule has 8 heteroatoms. The van der Waals surface area contributed by atoms with Crippen LogP contribution in [0.3, 0.4) is 0 Å². The highest BCUT2D eigenvalue weighted by molar-refractivity contribution is 7.80. The number of aromatic nitrogens is 2. The lowest BCUT2D eigenvalue weighted by Gasteiger charge is -2.06. The molecule has 0 saturated carbocycles. The van der Waals surface area contributed by atoms with E-state index < -0.39 is 0 Å². The zero-order valence-corrected chi connectivity index (χ0v) is 16.8. The zero-order chi connectivity index (χ0) is 19.2. The first-order chi connectivity index (χ1) is 13.0. The van der Waals surface area contributed by atoms with Crippen LogP contribution >= 0.6 is 35.4 Å². The van der Waals surface area contributed by atoms with Gasteiger partial charge in [0, 0.05) is 11.6 Å². The van der Waals surface area contributed by atoms with Gasteiger partial charge < -0.3 is 5.32 Å². The van der Waals surface area contributed by atoms with Gasteiger partial charge in [-0.25, -0.2) is 4.68 Å². The molecule has 0 unspecified atom stereocenters. The second-order valence-electron chi connectivity index (χ2n) is 5.72. The molecule has 1 aromatic heterocycles. The molecule has 0 radical (unpaired) electrons. The first kappa shape index (κ1) is 19.4. The molecule has 2 aromatic carbocycles. The summed E-state index contributed by atoms with van der Waals surface area (Å²) in [5, 5.41) is 13.2. The van der Waals surface area contributed by atoms with Gasteiger partial charge in [-0.15, -0.1) is 0 Å². The number of hydrazone groups is 1. The molecule has 27 heavy (non-hydrogen) atoms. The summed E-state index contributed by atoms with van der Waals surface area (Å²) in [4.78, 5) is 0. The van der Waals surface area contributed by atoms with E-state index in [1.165, 1.54) is 0 Å². The first-order valence-corrected chi connectivity index (χ1v) is 9.33. The summed E-state index contributed by atoms with van der Waals surface area (Å²) in [5.74, 6) is 0. The molecule has 3 rings (SSSR count). The highest BCUT2D eigenvalue weighted by atomic mass is 35.5. The Morgan fingerprint density at radius 3 is 2.70 bits per heavy atom. The maximum atomic E-state index is 6.46. The van der Waals surface area contributed by atoms with Gasteiger partial charge in [0.05, 0.1) is 23.2 Å². The van der Waals surface area contributed by atoms with Crippen LogP contribution in [0.1, 0.15) is 16.8 Å². The van der Waals surface area contributed by atoms with Gasteiger partial charge >= 0.3 is 0 Å². The summed E-state index contributed by atoms with van der Waals surface area (Å²) >= 11 is 17.7. The highest BCUT2D eigenvalue weighted by Crippen LogP contribution is 2.23. The molecule has 0 saturated heterocycles. The number of nitrogens with one attached hydrogen (secondary N) is 2. The van der Waals surface area contributed by atoms with E-state index in [4.69, 9.17) is 35.4 Å². The van der Waals surface area contributed by atoms with E-state index in [2.05, 4.69) is 20.9 Å². The van der Waals surface area contributed by atoms with Crippen LogP contribution < -0.4 is 10.7 Å². The third-order valence-corrected chi connectivity index (χ3v) is 4.59. The summed E-state index contributed by atoms with van der Waals surface area (Å²) in [6.07, 6.45) is 1.60. The van der Waals surface area contributed by atoms with Crippen molar-refractivity contribution in [2.24, 2.45) is 5.10 Å².